The van der Waals surface area contributed by atoms with Gasteiger partial charge in [-0.05, 0) is 30.7 Å². The second-order valence-electron chi connectivity index (χ2n) is 7.98. The fourth-order valence-electron chi connectivity index (χ4n) is 3.88. The zero-order valence-corrected chi connectivity index (χ0v) is 19.6. The van der Waals surface area contributed by atoms with Gasteiger partial charge >= 0.3 is 0 Å². The van der Waals surface area contributed by atoms with Crippen LogP contribution in [0.15, 0.2) is 84.1 Å². The zero-order valence-electron chi connectivity index (χ0n) is 18.8. The van der Waals surface area contributed by atoms with Gasteiger partial charge in [-0.1, -0.05) is 66.4 Å². The van der Waals surface area contributed by atoms with E-state index in [1.54, 1.807) is 6.20 Å². The summed E-state index contributed by atoms with van der Waals surface area (Å²) in [6.45, 7) is 3.06. The number of carbonyl (C=O) groups is 1. The van der Waals surface area contributed by atoms with Gasteiger partial charge in [-0.3, -0.25) is 9.78 Å². The third kappa shape index (κ3) is 4.77. The van der Waals surface area contributed by atoms with E-state index in [4.69, 9.17) is 4.98 Å². The van der Waals surface area contributed by atoms with Gasteiger partial charge in [0.15, 0.2) is 5.65 Å². The Balaban J connectivity index is 1.35. The Morgan fingerprint density at radius 1 is 1.00 bits per heavy atom. The van der Waals surface area contributed by atoms with Gasteiger partial charge in [0.05, 0.1) is 10.8 Å². The highest BCUT2D eigenvalue weighted by Crippen LogP contribution is 2.29. The van der Waals surface area contributed by atoms with Crippen molar-refractivity contribution in [2.75, 3.05) is 6.54 Å². The fourth-order valence-corrected chi connectivity index (χ4v) is 4.61. The summed E-state index contributed by atoms with van der Waals surface area (Å²) in [5.41, 5.74) is 4.73. The fraction of sp³-hybridized carbons (Fsp3) is 0.192. The highest BCUT2D eigenvalue weighted by molar-refractivity contribution is 8.00. The molecule has 8 heteroatoms. The standard InChI is InChI=1S/C26H24N6OS/c1-18(25(33)28-16-14-20-11-7-8-15-27-20)34-26-29-24-23(30-31-26)21-12-5-6-13-22(21)32(24)17-19-9-3-2-4-10-19/h2-13,15,18H,14,16-17H2,1H3,(H,28,33). The molecule has 0 spiro atoms. The van der Waals surface area contributed by atoms with Crippen molar-refractivity contribution in [3.63, 3.8) is 0 Å². The van der Waals surface area contributed by atoms with E-state index in [2.05, 4.69) is 43.3 Å². The number of hydrogen-bond donors (Lipinski definition) is 1. The summed E-state index contributed by atoms with van der Waals surface area (Å²) in [6, 6.07) is 24.2. The summed E-state index contributed by atoms with van der Waals surface area (Å²) in [7, 11) is 0. The number of carbonyl (C=O) groups excluding carboxylic acids is 1. The van der Waals surface area contributed by atoms with Crippen molar-refractivity contribution in [1.82, 2.24) is 30.0 Å². The first kappa shape index (κ1) is 22.0. The minimum atomic E-state index is -0.352. The second-order valence-corrected chi connectivity index (χ2v) is 9.29. The first-order chi connectivity index (χ1) is 16.7. The summed E-state index contributed by atoms with van der Waals surface area (Å²) in [4.78, 5) is 21.7. The minimum Gasteiger partial charge on any atom is -0.355 e. The molecule has 0 aliphatic heterocycles. The van der Waals surface area contributed by atoms with E-state index in [-0.39, 0.29) is 11.2 Å². The maximum absolute atomic E-state index is 12.6. The average molecular weight is 469 g/mol. The molecule has 0 saturated heterocycles. The van der Waals surface area contributed by atoms with Gasteiger partial charge in [-0.25, -0.2) is 4.98 Å². The zero-order chi connectivity index (χ0) is 23.3. The van der Waals surface area contributed by atoms with Gasteiger partial charge in [-0.15, -0.1) is 10.2 Å². The van der Waals surface area contributed by atoms with E-state index >= 15 is 0 Å². The first-order valence-corrected chi connectivity index (χ1v) is 12.1. The molecule has 1 atom stereocenters. The number of thioether (sulfide) groups is 1. The number of hydrogen-bond acceptors (Lipinski definition) is 6. The predicted molar refractivity (Wildman–Crippen MR) is 135 cm³/mol. The lowest BCUT2D eigenvalue weighted by atomic mass is 10.2. The van der Waals surface area contributed by atoms with Crippen molar-refractivity contribution in [2.24, 2.45) is 0 Å². The van der Waals surface area contributed by atoms with Crippen molar-refractivity contribution < 1.29 is 4.79 Å². The molecule has 3 heterocycles. The summed E-state index contributed by atoms with van der Waals surface area (Å²) in [5, 5.41) is 12.9. The SMILES string of the molecule is CC(Sc1nnc2c3ccccc3n(Cc3ccccc3)c2n1)C(=O)NCCc1ccccn1. The number of benzene rings is 2. The van der Waals surface area contributed by atoms with E-state index in [0.29, 0.717) is 24.7 Å². The molecule has 0 bridgehead atoms. The van der Waals surface area contributed by atoms with Crippen molar-refractivity contribution in [1.29, 1.82) is 0 Å². The molecule has 2 aromatic carbocycles. The van der Waals surface area contributed by atoms with Crippen LogP contribution in [-0.4, -0.2) is 42.4 Å². The number of amides is 1. The summed E-state index contributed by atoms with van der Waals surface area (Å²) >= 11 is 1.31. The molecule has 34 heavy (non-hydrogen) atoms. The molecule has 0 radical (unpaired) electrons. The van der Waals surface area contributed by atoms with Gasteiger partial charge in [0, 0.05) is 36.8 Å². The monoisotopic (exact) mass is 468 g/mol. The number of rotatable bonds is 8. The number of fused-ring (bicyclic) bond motifs is 3. The molecule has 0 aliphatic rings. The number of aromatic nitrogens is 5. The molecule has 170 valence electrons. The molecule has 0 aliphatic carbocycles. The summed E-state index contributed by atoms with van der Waals surface area (Å²) in [5.74, 6) is -0.0607. The Morgan fingerprint density at radius 2 is 1.79 bits per heavy atom. The van der Waals surface area contributed by atoms with Crippen LogP contribution >= 0.6 is 11.8 Å². The van der Waals surface area contributed by atoms with E-state index in [1.807, 2.05) is 61.5 Å². The van der Waals surface area contributed by atoms with Gasteiger partial charge in [0.1, 0.15) is 5.52 Å². The van der Waals surface area contributed by atoms with Gasteiger partial charge in [0.2, 0.25) is 11.1 Å². The lowest BCUT2D eigenvalue weighted by molar-refractivity contribution is -0.120. The molecular formula is C26H24N6OS. The number of para-hydroxylation sites is 1. The number of nitrogens with zero attached hydrogens (tertiary/aromatic N) is 5. The third-order valence-corrected chi connectivity index (χ3v) is 6.55. The molecule has 3 aromatic heterocycles. The predicted octanol–water partition coefficient (Wildman–Crippen LogP) is 4.26. The van der Waals surface area contributed by atoms with E-state index < -0.39 is 0 Å². The maximum Gasteiger partial charge on any atom is 0.233 e. The number of pyridine rings is 1. The van der Waals surface area contributed by atoms with Crippen LogP contribution in [-0.2, 0) is 17.8 Å². The Morgan fingerprint density at radius 3 is 2.62 bits per heavy atom. The van der Waals surface area contributed by atoms with Crippen LogP contribution in [0.25, 0.3) is 22.1 Å². The van der Waals surface area contributed by atoms with Gasteiger partial charge < -0.3 is 9.88 Å². The molecular weight excluding hydrogens is 444 g/mol. The van der Waals surface area contributed by atoms with Crippen molar-refractivity contribution in [2.45, 2.75) is 30.3 Å². The highest BCUT2D eigenvalue weighted by atomic mass is 32.2. The van der Waals surface area contributed by atoms with Crippen LogP contribution in [0.4, 0.5) is 0 Å². The Labute approximate surface area is 201 Å². The normalized spacial score (nSPS) is 12.1. The Kier molecular flexibility index (Phi) is 6.49. The summed E-state index contributed by atoms with van der Waals surface area (Å²) < 4.78 is 2.16. The van der Waals surface area contributed by atoms with Crippen LogP contribution in [0.1, 0.15) is 18.2 Å². The average Bonchev–Trinajstić information content (AvgIpc) is 3.18. The molecule has 1 unspecified atom stereocenters. The molecule has 0 saturated carbocycles. The van der Waals surface area contributed by atoms with Gasteiger partial charge in [-0.2, -0.15) is 0 Å². The van der Waals surface area contributed by atoms with Crippen LogP contribution in [0.3, 0.4) is 0 Å². The largest absolute Gasteiger partial charge is 0.355 e. The maximum atomic E-state index is 12.6. The van der Waals surface area contributed by atoms with Crippen LogP contribution in [0, 0.1) is 0 Å². The summed E-state index contributed by atoms with van der Waals surface area (Å²) in [6.07, 6.45) is 2.45. The van der Waals surface area contributed by atoms with Crippen LogP contribution < -0.4 is 5.32 Å². The van der Waals surface area contributed by atoms with Gasteiger partial charge in [0.25, 0.3) is 0 Å². The van der Waals surface area contributed by atoms with Crippen LogP contribution in [0.2, 0.25) is 0 Å². The van der Waals surface area contributed by atoms with E-state index in [0.717, 1.165) is 27.8 Å². The first-order valence-electron chi connectivity index (χ1n) is 11.2. The smallest absolute Gasteiger partial charge is 0.233 e. The Hall–Kier alpha value is -3.78. The minimum absolute atomic E-state index is 0.0607. The van der Waals surface area contributed by atoms with Crippen molar-refractivity contribution >= 4 is 39.7 Å². The lowest BCUT2D eigenvalue weighted by Crippen LogP contribution is -2.32. The van der Waals surface area contributed by atoms with Crippen molar-refractivity contribution in [3.8, 4) is 0 Å². The van der Waals surface area contributed by atoms with E-state index in [1.165, 1.54) is 17.3 Å². The highest BCUT2D eigenvalue weighted by Gasteiger charge is 2.19. The third-order valence-electron chi connectivity index (χ3n) is 5.60. The molecule has 0 fully saturated rings. The lowest BCUT2D eigenvalue weighted by Gasteiger charge is -2.11. The number of nitrogens with one attached hydrogen (secondary N) is 1. The quantitative estimate of drug-likeness (QED) is 0.343. The molecule has 7 nitrogen and oxygen atoms in total. The van der Waals surface area contributed by atoms with E-state index in [9.17, 15) is 4.79 Å². The van der Waals surface area contributed by atoms with Crippen molar-refractivity contribution in [3.05, 3.63) is 90.3 Å². The molecule has 1 N–H and O–H groups in total. The molecule has 5 rings (SSSR count). The molecule has 1 amide bonds. The molecule has 5 aromatic rings. The van der Waals surface area contributed by atoms with Crippen LogP contribution in [0.5, 0.6) is 0 Å². The second kappa shape index (κ2) is 10.0. The topological polar surface area (TPSA) is 85.6 Å². The Bertz CT molecular complexity index is 1420.